The number of aromatic hydroxyl groups is 2. The summed E-state index contributed by atoms with van der Waals surface area (Å²) in [6.07, 6.45) is 18.2. The van der Waals surface area contributed by atoms with Crippen molar-refractivity contribution in [1.82, 2.24) is 9.88 Å². The number of phenols is 2. The second kappa shape index (κ2) is 20.0. The van der Waals surface area contributed by atoms with Gasteiger partial charge in [-0.3, -0.25) is 0 Å². The third-order valence-corrected chi connectivity index (χ3v) is 14.5. The molecule has 0 saturated carbocycles. The van der Waals surface area contributed by atoms with E-state index in [1.807, 2.05) is 30.3 Å². The van der Waals surface area contributed by atoms with Crippen molar-refractivity contribution >= 4 is 16.6 Å². The van der Waals surface area contributed by atoms with Crippen LogP contribution in [0, 0.1) is 11.8 Å². The Hall–Kier alpha value is -5.10. The van der Waals surface area contributed by atoms with Crippen molar-refractivity contribution in [2.75, 3.05) is 26.4 Å². The number of nitrogens with two attached hydrogens (primary N) is 1. The third-order valence-electron chi connectivity index (χ3n) is 14.5. The van der Waals surface area contributed by atoms with Gasteiger partial charge in [0.1, 0.15) is 18.2 Å². The maximum atomic E-state index is 11.6. The average Bonchev–Trinajstić information content (AvgIpc) is 3.75. The van der Waals surface area contributed by atoms with Crippen LogP contribution in [0.25, 0.3) is 16.6 Å². The van der Waals surface area contributed by atoms with Crippen molar-refractivity contribution < 1.29 is 34.6 Å². The molecule has 4 bridgehead atoms. The van der Waals surface area contributed by atoms with E-state index < -0.39 is 6.10 Å². The van der Waals surface area contributed by atoms with E-state index in [0.29, 0.717) is 50.1 Å². The topological polar surface area (TPSA) is 152 Å². The number of nitrogens with zero attached hydrogens (tertiary/aromatic N) is 1. The van der Waals surface area contributed by atoms with Gasteiger partial charge in [-0.1, -0.05) is 61.0 Å². The summed E-state index contributed by atoms with van der Waals surface area (Å²) in [4.78, 5) is 0. The molecule has 0 spiro atoms. The van der Waals surface area contributed by atoms with Crippen molar-refractivity contribution in [1.29, 1.82) is 0 Å². The number of fused-ring (bicyclic) bond motifs is 7. The summed E-state index contributed by atoms with van der Waals surface area (Å²) in [7, 11) is 0. The number of dihydropyridines is 1. The monoisotopic (exact) mass is 867 g/mol. The maximum Gasteiger partial charge on any atom is 0.161 e. The van der Waals surface area contributed by atoms with Gasteiger partial charge in [0, 0.05) is 47.4 Å². The predicted octanol–water partition coefficient (Wildman–Crippen LogP) is 8.79. The molecule has 1 aliphatic carbocycles. The first-order valence-corrected chi connectivity index (χ1v) is 23.6. The van der Waals surface area contributed by atoms with E-state index in [-0.39, 0.29) is 42.4 Å². The molecule has 3 aliphatic heterocycles. The third kappa shape index (κ3) is 9.77. The molecule has 6 atom stereocenters. The Kier molecular flexibility index (Phi) is 13.8. The van der Waals surface area contributed by atoms with Crippen molar-refractivity contribution in [2.24, 2.45) is 17.6 Å². The molecule has 9 rings (SSSR count). The van der Waals surface area contributed by atoms with Gasteiger partial charge in [-0.15, -0.1) is 0 Å². The number of phenolic OH excluding ortho intramolecular Hbond substituents is 2. The Morgan fingerprint density at radius 3 is 2.62 bits per heavy atom. The van der Waals surface area contributed by atoms with Crippen LogP contribution in [-0.2, 0) is 40.8 Å². The largest absolute Gasteiger partial charge is 0.508 e. The molecule has 64 heavy (non-hydrogen) atoms. The number of benzene rings is 4. The Morgan fingerprint density at radius 1 is 0.891 bits per heavy atom. The van der Waals surface area contributed by atoms with Crippen LogP contribution >= 0.6 is 0 Å². The van der Waals surface area contributed by atoms with Crippen LogP contribution in [0.4, 0.5) is 0 Å². The lowest BCUT2D eigenvalue weighted by atomic mass is 9.57. The fourth-order valence-corrected chi connectivity index (χ4v) is 11.0. The van der Waals surface area contributed by atoms with E-state index in [2.05, 4.69) is 64.8 Å². The van der Waals surface area contributed by atoms with Crippen LogP contribution in [-0.4, -0.2) is 69.8 Å². The lowest BCUT2D eigenvalue weighted by Crippen LogP contribution is -2.47. The lowest BCUT2D eigenvalue weighted by Gasteiger charge is -2.49. The molecule has 1 unspecified atom stereocenters. The molecule has 10 nitrogen and oxygen atoms in total. The number of hydrogen-bond acceptors (Lipinski definition) is 9. The second-order valence-corrected chi connectivity index (χ2v) is 18.7. The van der Waals surface area contributed by atoms with E-state index in [9.17, 15) is 20.4 Å². The summed E-state index contributed by atoms with van der Waals surface area (Å²) in [6, 6.07) is 26.6. The molecule has 0 radical (unpaired) electrons. The van der Waals surface area contributed by atoms with Crippen LogP contribution < -0.4 is 15.8 Å². The smallest absolute Gasteiger partial charge is 0.161 e. The molecule has 1 fully saturated rings. The minimum absolute atomic E-state index is 0.0854. The Labute approximate surface area is 377 Å². The molecular formula is C54H65N3O7. The maximum absolute atomic E-state index is 11.6. The highest BCUT2D eigenvalue weighted by Crippen LogP contribution is 2.52. The summed E-state index contributed by atoms with van der Waals surface area (Å²) in [5.41, 5.74) is 14.6. The average molecular weight is 868 g/mol. The van der Waals surface area contributed by atoms with Gasteiger partial charge in [0.05, 0.1) is 31.6 Å². The van der Waals surface area contributed by atoms with Gasteiger partial charge >= 0.3 is 0 Å². The van der Waals surface area contributed by atoms with Crippen molar-refractivity contribution in [3.8, 4) is 17.2 Å². The molecule has 4 aromatic carbocycles. The van der Waals surface area contributed by atoms with Crippen molar-refractivity contribution in [3.63, 3.8) is 0 Å². The molecule has 0 amide bonds. The van der Waals surface area contributed by atoms with Gasteiger partial charge in [0.25, 0.3) is 0 Å². The zero-order chi connectivity index (χ0) is 44.0. The SMILES string of the molecule is NC1C=CC2=C(N1)n1cc3cc([C@@]45CCOC[C@H]4CCc4ccccc45)cc(c3c1)COc1cc(ccc1O)CC[C@@H](O)C[C@H](CC[C@H](CCCO)CCCc1ccc(O)cc1)OC2. The number of aromatic nitrogens is 1. The molecule has 1 aromatic heterocycles. The van der Waals surface area contributed by atoms with Gasteiger partial charge < -0.3 is 50.3 Å². The highest BCUT2D eigenvalue weighted by atomic mass is 16.5. The molecular weight excluding hydrogens is 803 g/mol. The van der Waals surface area contributed by atoms with E-state index in [1.165, 1.54) is 22.3 Å². The van der Waals surface area contributed by atoms with Gasteiger partial charge in [0.2, 0.25) is 0 Å². The number of rotatable bonds is 11. The quantitative estimate of drug-likeness (QED) is 0.0766. The minimum Gasteiger partial charge on any atom is -0.508 e. The first-order chi connectivity index (χ1) is 31.2. The van der Waals surface area contributed by atoms with Crippen LogP contribution in [0.5, 0.6) is 17.2 Å². The number of ether oxygens (including phenoxy) is 3. The summed E-state index contributed by atoms with van der Waals surface area (Å²) >= 11 is 0. The fourth-order valence-electron chi connectivity index (χ4n) is 11.0. The number of aliphatic hydroxyl groups is 2. The molecule has 7 N–H and O–H groups in total. The highest BCUT2D eigenvalue weighted by molar-refractivity contribution is 5.88. The molecule has 4 heterocycles. The predicted molar refractivity (Wildman–Crippen MR) is 251 cm³/mol. The first kappa shape index (κ1) is 44.1. The Morgan fingerprint density at radius 2 is 1.75 bits per heavy atom. The molecule has 338 valence electrons. The Bertz CT molecular complexity index is 2440. The molecule has 5 aromatic rings. The van der Waals surface area contributed by atoms with Gasteiger partial charge in [-0.05, 0) is 159 Å². The van der Waals surface area contributed by atoms with Crippen LogP contribution in [0.2, 0.25) is 0 Å². The van der Waals surface area contributed by atoms with Crippen molar-refractivity contribution in [2.45, 2.75) is 114 Å². The van der Waals surface area contributed by atoms with Crippen LogP contribution in [0.15, 0.2) is 109 Å². The van der Waals surface area contributed by atoms with Gasteiger partial charge in [-0.2, -0.15) is 0 Å². The zero-order valence-corrected chi connectivity index (χ0v) is 37.0. The van der Waals surface area contributed by atoms with E-state index in [4.69, 9.17) is 19.9 Å². The Balaban J connectivity index is 1.06. The van der Waals surface area contributed by atoms with Crippen LogP contribution in [0.3, 0.4) is 0 Å². The van der Waals surface area contributed by atoms with Gasteiger partial charge in [0.15, 0.2) is 11.5 Å². The summed E-state index contributed by atoms with van der Waals surface area (Å²) in [6.45, 7) is 2.18. The number of aliphatic hydroxyl groups excluding tert-OH is 2. The standard InChI is InChI=1S/C54H65N3O7/c55-52-23-16-40-33-63-47(21-13-36(7-4-25-58)5-3-6-37-10-18-45(59)19-11-37)30-46(60)20-12-38-14-22-50(61)51(27-38)64-34-42-29-44(28-41-31-57(32-48(41)42)53(40)56-52)54-24-26-62-35-43(54)17-15-39-8-1-2-9-49(39)54/h1-2,8-11,14,16,18-19,22-23,27-29,31-32,36,43,46-47,52,56,58-61H,3-7,12-13,15,17,20-21,24-26,30,33-35,55H2/t36-,43+,46+,47-,52?,54+/m0/s1. The minimum atomic E-state index is -0.602. The fraction of sp³-hybridized carbons (Fsp3) is 0.444. The molecule has 10 heteroatoms. The summed E-state index contributed by atoms with van der Waals surface area (Å²) in [5, 5.41) is 47.9. The first-order valence-electron chi connectivity index (χ1n) is 23.6. The number of aryl methyl sites for hydroxylation is 3. The molecule has 1 saturated heterocycles. The van der Waals surface area contributed by atoms with Crippen molar-refractivity contribution in [3.05, 3.63) is 142 Å². The molecule has 4 aliphatic rings. The van der Waals surface area contributed by atoms with Crippen LogP contribution in [0.1, 0.15) is 97.6 Å². The normalized spacial score (nSPS) is 24.2. The summed E-state index contributed by atoms with van der Waals surface area (Å²) in [5.74, 6) is 2.38. The zero-order valence-electron chi connectivity index (χ0n) is 37.0. The summed E-state index contributed by atoms with van der Waals surface area (Å²) < 4.78 is 21.8. The van der Waals surface area contributed by atoms with Gasteiger partial charge in [-0.25, -0.2) is 0 Å². The van der Waals surface area contributed by atoms with E-state index >= 15 is 0 Å². The van der Waals surface area contributed by atoms with E-state index in [0.717, 1.165) is 104 Å². The van der Waals surface area contributed by atoms with E-state index in [1.54, 1.807) is 18.2 Å². The number of hydrogen-bond donors (Lipinski definition) is 6. The second-order valence-electron chi connectivity index (χ2n) is 18.7. The highest BCUT2D eigenvalue weighted by Gasteiger charge is 2.47. The lowest BCUT2D eigenvalue weighted by molar-refractivity contribution is 0.00498. The number of nitrogens with one attached hydrogen (secondary N) is 1.